The third kappa shape index (κ3) is 3.94. The van der Waals surface area contributed by atoms with E-state index in [-0.39, 0.29) is 11.9 Å². The first-order valence-electron chi connectivity index (χ1n) is 7.31. The Morgan fingerprint density at radius 1 is 1.30 bits per heavy atom. The van der Waals surface area contributed by atoms with Gasteiger partial charge >= 0.3 is 0 Å². The van der Waals surface area contributed by atoms with Crippen molar-refractivity contribution in [2.45, 2.75) is 39.2 Å². The summed E-state index contributed by atoms with van der Waals surface area (Å²) in [5.41, 5.74) is 7.22. The lowest BCUT2D eigenvalue weighted by Crippen LogP contribution is -2.35. The minimum Gasteiger partial charge on any atom is -0.329 e. The Hall–Kier alpha value is -0.640. The molecule has 0 amide bonds. The zero-order valence-electron chi connectivity index (χ0n) is 12.3. The Morgan fingerprint density at radius 2 is 2.05 bits per heavy atom. The molecule has 1 saturated heterocycles. The van der Waals surface area contributed by atoms with Gasteiger partial charge in [0.05, 0.1) is 0 Å². The topological polar surface area (TPSA) is 29.3 Å². The molecule has 0 aliphatic carbocycles. The molecule has 20 heavy (non-hydrogen) atoms. The molecule has 0 spiro atoms. The molecular formula is C16H24ClFN2. The molecule has 0 saturated carbocycles. The van der Waals surface area contributed by atoms with Crippen LogP contribution >= 0.6 is 11.6 Å². The van der Waals surface area contributed by atoms with Crippen LogP contribution in [-0.2, 0) is 0 Å². The number of likely N-dealkylation sites (tertiary alicyclic amines) is 1. The van der Waals surface area contributed by atoms with E-state index in [0.29, 0.717) is 17.0 Å². The predicted molar refractivity (Wildman–Crippen MR) is 82.4 cm³/mol. The highest BCUT2D eigenvalue weighted by atomic mass is 35.5. The van der Waals surface area contributed by atoms with E-state index >= 15 is 0 Å². The van der Waals surface area contributed by atoms with Crippen LogP contribution in [0.5, 0.6) is 0 Å². The number of hydrogen-bond acceptors (Lipinski definition) is 2. The SMILES string of the molecule is CC1(C)CCCN(C(CN)c2cc(F)cc(Cl)c2)CC1. The molecular weight excluding hydrogens is 275 g/mol. The maximum absolute atomic E-state index is 13.6. The molecule has 1 aliphatic rings. The Bertz CT molecular complexity index is 442. The normalized spacial score (nSPS) is 21.4. The van der Waals surface area contributed by atoms with Crippen molar-refractivity contribution in [3.8, 4) is 0 Å². The molecule has 112 valence electrons. The van der Waals surface area contributed by atoms with Crippen molar-refractivity contribution >= 4 is 11.6 Å². The summed E-state index contributed by atoms with van der Waals surface area (Å²) in [6.07, 6.45) is 3.53. The van der Waals surface area contributed by atoms with Crippen LogP contribution in [0, 0.1) is 11.2 Å². The van der Waals surface area contributed by atoms with Gasteiger partial charge in [-0.2, -0.15) is 0 Å². The summed E-state index contributed by atoms with van der Waals surface area (Å²) in [5, 5.41) is 0.439. The van der Waals surface area contributed by atoms with E-state index in [9.17, 15) is 4.39 Å². The summed E-state index contributed by atoms with van der Waals surface area (Å²) in [6.45, 7) is 7.13. The first-order valence-corrected chi connectivity index (χ1v) is 7.69. The Labute approximate surface area is 126 Å². The van der Waals surface area contributed by atoms with E-state index < -0.39 is 0 Å². The van der Waals surface area contributed by atoms with E-state index in [1.54, 1.807) is 6.07 Å². The molecule has 4 heteroatoms. The number of nitrogens with zero attached hydrogens (tertiary/aromatic N) is 1. The van der Waals surface area contributed by atoms with Gasteiger partial charge in [0.25, 0.3) is 0 Å². The molecule has 1 unspecified atom stereocenters. The van der Waals surface area contributed by atoms with Crippen LogP contribution < -0.4 is 5.73 Å². The highest BCUT2D eigenvalue weighted by molar-refractivity contribution is 6.30. The zero-order chi connectivity index (χ0) is 14.8. The Balaban J connectivity index is 2.19. The monoisotopic (exact) mass is 298 g/mol. The number of hydrogen-bond donors (Lipinski definition) is 1. The molecule has 1 aromatic carbocycles. The molecule has 0 aromatic heterocycles. The standard InChI is InChI=1S/C16H24ClFN2/c1-16(2)4-3-6-20(7-5-16)15(11-19)12-8-13(17)10-14(18)9-12/h8-10,15H,3-7,11,19H2,1-2H3. The van der Waals surface area contributed by atoms with Gasteiger partial charge in [-0.1, -0.05) is 25.4 Å². The van der Waals surface area contributed by atoms with Gasteiger partial charge in [-0.3, -0.25) is 4.90 Å². The second-order valence-corrected chi connectivity index (χ2v) is 6.94. The van der Waals surface area contributed by atoms with Crippen LogP contribution in [0.25, 0.3) is 0 Å². The largest absolute Gasteiger partial charge is 0.329 e. The molecule has 1 atom stereocenters. The predicted octanol–water partition coefficient (Wildman–Crippen LogP) is 3.99. The van der Waals surface area contributed by atoms with Gasteiger partial charge < -0.3 is 5.73 Å². The fourth-order valence-electron chi connectivity index (χ4n) is 3.02. The van der Waals surface area contributed by atoms with Gasteiger partial charge in [-0.15, -0.1) is 0 Å². The van der Waals surface area contributed by atoms with Crippen LogP contribution in [-0.4, -0.2) is 24.5 Å². The Kier molecular flexibility index (Phi) is 5.05. The summed E-state index contributed by atoms with van der Waals surface area (Å²) in [4.78, 5) is 2.37. The van der Waals surface area contributed by atoms with E-state index in [2.05, 4.69) is 18.7 Å². The average Bonchev–Trinajstić information content (AvgIpc) is 2.51. The van der Waals surface area contributed by atoms with E-state index in [1.165, 1.54) is 12.5 Å². The zero-order valence-corrected chi connectivity index (χ0v) is 13.1. The lowest BCUT2D eigenvalue weighted by atomic mass is 9.85. The third-order valence-corrected chi connectivity index (χ3v) is 4.53. The fourth-order valence-corrected chi connectivity index (χ4v) is 3.25. The van der Waals surface area contributed by atoms with Crippen molar-refractivity contribution in [1.82, 2.24) is 4.90 Å². The summed E-state index contributed by atoms with van der Waals surface area (Å²) in [7, 11) is 0. The van der Waals surface area contributed by atoms with Crippen molar-refractivity contribution in [1.29, 1.82) is 0 Å². The van der Waals surface area contributed by atoms with Gasteiger partial charge in [0.1, 0.15) is 5.82 Å². The van der Waals surface area contributed by atoms with Crippen molar-refractivity contribution in [3.05, 3.63) is 34.6 Å². The van der Waals surface area contributed by atoms with Crippen LogP contribution in [0.2, 0.25) is 5.02 Å². The summed E-state index contributed by atoms with van der Waals surface area (Å²) in [5.74, 6) is -0.291. The lowest BCUT2D eigenvalue weighted by Gasteiger charge is -2.31. The molecule has 1 fully saturated rings. The second-order valence-electron chi connectivity index (χ2n) is 6.51. The van der Waals surface area contributed by atoms with E-state index in [4.69, 9.17) is 17.3 Å². The first kappa shape index (κ1) is 15.7. The number of halogens is 2. The fraction of sp³-hybridized carbons (Fsp3) is 0.625. The minimum absolute atomic E-state index is 0.0529. The third-order valence-electron chi connectivity index (χ3n) is 4.31. The minimum atomic E-state index is -0.291. The molecule has 1 heterocycles. The smallest absolute Gasteiger partial charge is 0.125 e. The van der Waals surface area contributed by atoms with Gasteiger partial charge in [0.2, 0.25) is 0 Å². The molecule has 2 nitrogen and oxygen atoms in total. The highest BCUT2D eigenvalue weighted by Gasteiger charge is 2.27. The maximum Gasteiger partial charge on any atom is 0.125 e. The van der Waals surface area contributed by atoms with Crippen LogP contribution in [0.15, 0.2) is 18.2 Å². The highest BCUT2D eigenvalue weighted by Crippen LogP contribution is 2.33. The molecule has 0 bridgehead atoms. The van der Waals surface area contributed by atoms with Crippen molar-refractivity contribution in [3.63, 3.8) is 0 Å². The van der Waals surface area contributed by atoms with E-state index in [1.807, 2.05) is 6.07 Å². The van der Waals surface area contributed by atoms with E-state index in [0.717, 1.165) is 31.5 Å². The lowest BCUT2D eigenvalue weighted by molar-refractivity contribution is 0.199. The van der Waals surface area contributed by atoms with Crippen molar-refractivity contribution < 1.29 is 4.39 Å². The number of nitrogens with two attached hydrogens (primary N) is 1. The van der Waals surface area contributed by atoms with Crippen molar-refractivity contribution in [2.24, 2.45) is 11.1 Å². The average molecular weight is 299 g/mol. The summed E-state index contributed by atoms with van der Waals surface area (Å²) in [6, 6.07) is 4.78. The number of benzene rings is 1. The molecule has 1 aromatic rings. The van der Waals surface area contributed by atoms with Gasteiger partial charge in [0, 0.05) is 17.6 Å². The van der Waals surface area contributed by atoms with Gasteiger partial charge in [-0.05, 0) is 61.5 Å². The summed E-state index contributed by atoms with van der Waals surface area (Å²) >= 11 is 5.97. The molecule has 0 radical (unpaired) electrons. The van der Waals surface area contributed by atoms with Crippen LogP contribution in [0.4, 0.5) is 4.39 Å². The first-order chi connectivity index (χ1) is 9.41. The summed E-state index contributed by atoms with van der Waals surface area (Å²) < 4.78 is 13.6. The Morgan fingerprint density at radius 3 is 2.70 bits per heavy atom. The quantitative estimate of drug-likeness (QED) is 0.914. The molecule has 2 N–H and O–H groups in total. The van der Waals surface area contributed by atoms with Crippen LogP contribution in [0.1, 0.15) is 44.7 Å². The van der Waals surface area contributed by atoms with Gasteiger partial charge in [-0.25, -0.2) is 4.39 Å². The maximum atomic E-state index is 13.6. The second kappa shape index (κ2) is 6.42. The van der Waals surface area contributed by atoms with Gasteiger partial charge in [0.15, 0.2) is 0 Å². The van der Waals surface area contributed by atoms with Crippen LogP contribution in [0.3, 0.4) is 0 Å². The number of rotatable bonds is 3. The molecule has 1 aliphatic heterocycles. The molecule has 2 rings (SSSR count). The van der Waals surface area contributed by atoms with Crippen molar-refractivity contribution in [2.75, 3.05) is 19.6 Å².